The van der Waals surface area contributed by atoms with Crippen LogP contribution >= 0.6 is 0 Å². The number of rotatable bonds is 3. The topological polar surface area (TPSA) is 65.5 Å². The molecular weight excluding hydrogens is 359 g/mol. The molecule has 0 radical (unpaired) electrons. The minimum Gasteiger partial charge on any atom is -0.326 e. The molecule has 146 valence electrons. The van der Waals surface area contributed by atoms with Crippen molar-refractivity contribution < 1.29 is 14.0 Å². The van der Waals surface area contributed by atoms with Crippen LogP contribution in [0.4, 0.5) is 14.9 Å². The summed E-state index contributed by atoms with van der Waals surface area (Å²) >= 11 is 0. The summed E-state index contributed by atoms with van der Waals surface area (Å²) in [6.45, 7) is 1.85. The van der Waals surface area contributed by atoms with Gasteiger partial charge in [-0.2, -0.15) is 0 Å². The number of benzene rings is 1. The van der Waals surface area contributed by atoms with Gasteiger partial charge in [-0.15, -0.1) is 0 Å². The van der Waals surface area contributed by atoms with Gasteiger partial charge in [0, 0.05) is 37.7 Å². The fourth-order valence-electron chi connectivity index (χ4n) is 3.98. The predicted molar refractivity (Wildman–Crippen MR) is 103 cm³/mol. The molecule has 7 heteroatoms. The molecule has 2 fully saturated rings. The zero-order valence-corrected chi connectivity index (χ0v) is 15.6. The summed E-state index contributed by atoms with van der Waals surface area (Å²) in [6.07, 6.45) is 5.95. The number of nitrogens with zero attached hydrogens (tertiary/aromatic N) is 3. The Kier molecular flexibility index (Phi) is 5.23. The van der Waals surface area contributed by atoms with Crippen LogP contribution in [0.5, 0.6) is 0 Å². The van der Waals surface area contributed by atoms with E-state index in [1.54, 1.807) is 34.3 Å². The number of likely N-dealkylation sites (tertiary alicyclic amines) is 1. The molecule has 1 unspecified atom stereocenters. The van der Waals surface area contributed by atoms with E-state index in [-0.39, 0.29) is 17.8 Å². The normalized spacial score (nSPS) is 20.5. The average molecular weight is 382 g/mol. The minimum atomic E-state index is -0.532. The number of hydrogen-bond acceptors (Lipinski definition) is 3. The summed E-state index contributed by atoms with van der Waals surface area (Å²) in [5.74, 6) is -0.0452. The van der Waals surface area contributed by atoms with Gasteiger partial charge in [0.05, 0.1) is 0 Å². The lowest BCUT2D eigenvalue weighted by atomic mass is 9.90. The van der Waals surface area contributed by atoms with Gasteiger partial charge in [0.25, 0.3) is 0 Å². The first-order chi connectivity index (χ1) is 13.6. The molecule has 2 aliphatic rings. The van der Waals surface area contributed by atoms with E-state index in [0.717, 1.165) is 12.8 Å². The molecule has 0 aliphatic carbocycles. The summed E-state index contributed by atoms with van der Waals surface area (Å²) in [5, 5.41) is 2.88. The molecule has 6 nitrogen and oxygen atoms in total. The summed E-state index contributed by atoms with van der Waals surface area (Å²) in [7, 11) is 0. The Labute approximate surface area is 163 Å². The van der Waals surface area contributed by atoms with Crippen LogP contribution in [0.25, 0.3) is 0 Å². The maximum Gasteiger partial charge on any atom is 0.318 e. The van der Waals surface area contributed by atoms with E-state index in [1.165, 1.54) is 17.7 Å². The molecule has 2 aliphatic heterocycles. The molecular formula is C21H23FN4O2. The molecule has 2 saturated heterocycles. The van der Waals surface area contributed by atoms with Crippen molar-refractivity contribution in [2.75, 3.05) is 24.5 Å². The first-order valence-electron chi connectivity index (χ1n) is 9.64. The van der Waals surface area contributed by atoms with E-state index in [1.807, 2.05) is 12.1 Å². The number of pyridine rings is 1. The number of nitrogens with one attached hydrogen (secondary N) is 1. The van der Waals surface area contributed by atoms with Crippen LogP contribution in [0.3, 0.4) is 0 Å². The number of hydrogen-bond donors (Lipinski definition) is 1. The Morgan fingerprint density at radius 3 is 2.36 bits per heavy atom. The first kappa shape index (κ1) is 18.4. The van der Waals surface area contributed by atoms with Crippen LogP contribution < -0.4 is 10.2 Å². The van der Waals surface area contributed by atoms with E-state index in [2.05, 4.69) is 10.3 Å². The third-order valence-electron chi connectivity index (χ3n) is 5.60. The molecule has 28 heavy (non-hydrogen) atoms. The van der Waals surface area contributed by atoms with Crippen LogP contribution in [0.2, 0.25) is 0 Å². The van der Waals surface area contributed by atoms with Gasteiger partial charge in [0.2, 0.25) is 5.91 Å². The maximum absolute atomic E-state index is 13.1. The van der Waals surface area contributed by atoms with Gasteiger partial charge in [-0.3, -0.25) is 9.78 Å². The Morgan fingerprint density at radius 2 is 1.68 bits per heavy atom. The number of amides is 3. The second-order valence-electron chi connectivity index (χ2n) is 7.30. The zero-order valence-electron chi connectivity index (χ0n) is 15.6. The highest BCUT2D eigenvalue weighted by molar-refractivity contribution is 6.01. The Balaban J connectivity index is 1.31. The van der Waals surface area contributed by atoms with Gasteiger partial charge >= 0.3 is 6.03 Å². The van der Waals surface area contributed by atoms with Gasteiger partial charge in [0.1, 0.15) is 11.9 Å². The number of anilines is 1. The van der Waals surface area contributed by atoms with Crippen LogP contribution in [-0.2, 0) is 4.79 Å². The molecule has 4 rings (SSSR count). The smallest absolute Gasteiger partial charge is 0.318 e. The van der Waals surface area contributed by atoms with Crippen LogP contribution in [0.1, 0.15) is 30.7 Å². The van der Waals surface area contributed by atoms with Crippen LogP contribution in [0.15, 0.2) is 48.8 Å². The fraction of sp³-hybridized carbons (Fsp3) is 0.381. The number of piperidine rings is 1. The third kappa shape index (κ3) is 3.83. The highest BCUT2D eigenvalue weighted by Crippen LogP contribution is 2.28. The Bertz CT molecular complexity index is 835. The van der Waals surface area contributed by atoms with Gasteiger partial charge in [-0.25, -0.2) is 9.18 Å². The van der Waals surface area contributed by atoms with Crippen molar-refractivity contribution >= 4 is 17.6 Å². The molecule has 3 amide bonds. The summed E-state index contributed by atoms with van der Waals surface area (Å²) in [4.78, 5) is 32.7. The van der Waals surface area contributed by atoms with Crippen molar-refractivity contribution in [2.45, 2.75) is 31.2 Å². The van der Waals surface area contributed by atoms with E-state index in [0.29, 0.717) is 37.7 Å². The molecule has 1 aromatic carbocycles. The number of aromatic nitrogens is 1. The first-order valence-corrected chi connectivity index (χ1v) is 9.64. The number of carbonyl (C=O) groups excluding carboxylic acids is 2. The molecule has 0 spiro atoms. The van der Waals surface area contributed by atoms with E-state index in [4.69, 9.17) is 0 Å². The fourth-order valence-corrected chi connectivity index (χ4v) is 3.98. The Hall–Kier alpha value is -2.96. The Morgan fingerprint density at radius 1 is 1.00 bits per heavy atom. The molecule has 0 saturated carbocycles. The largest absolute Gasteiger partial charge is 0.326 e. The van der Waals surface area contributed by atoms with E-state index in [9.17, 15) is 14.0 Å². The second kappa shape index (κ2) is 7.96. The molecule has 3 heterocycles. The maximum atomic E-state index is 13.1. The molecule has 1 aromatic heterocycles. The van der Waals surface area contributed by atoms with Crippen molar-refractivity contribution in [2.24, 2.45) is 0 Å². The van der Waals surface area contributed by atoms with Gasteiger partial charge in [-0.05, 0) is 67.1 Å². The minimum absolute atomic E-state index is 0.147. The van der Waals surface area contributed by atoms with Crippen LogP contribution in [-0.4, -0.2) is 47.5 Å². The van der Waals surface area contributed by atoms with Crippen molar-refractivity contribution in [3.63, 3.8) is 0 Å². The standard InChI is InChI=1S/C21H23FN4O2/c22-17-1-3-18(4-2-17)26-14-9-19(20(26)27)24-21(28)25-12-7-16(8-13-25)15-5-10-23-11-6-15/h1-6,10-11,16,19H,7-9,12-14H2,(H,24,28). The number of carbonyl (C=O) groups is 2. The van der Waals surface area contributed by atoms with Gasteiger partial charge < -0.3 is 15.1 Å². The third-order valence-corrected chi connectivity index (χ3v) is 5.60. The van der Waals surface area contributed by atoms with Gasteiger partial charge in [0.15, 0.2) is 0 Å². The van der Waals surface area contributed by atoms with Crippen LogP contribution in [0, 0.1) is 5.82 Å². The lowest BCUT2D eigenvalue weighted by Gasteiger charge is -2.32. The van der Waals surface area contributed by atoms with Gasteiger partial charge in [-0.1, -0.05) is 0 Å². The zero-order chi connectivity index (χ0) is 19.5. The second-order valence-corrected chi connectivity index (χ2v) is 7.30. The number of halogens is 1. The van der Waals surface area contributed by atoms with Crippen molar-refractivity contribution in [3.05, 3.63) is 60.2 Å². The number of urea groups is 1. The molecule has 2 aromatic rings. The lowest BCUT2D eigenvalue weighted by molar-refractivity contribution is -0.118. The highest BCUT2D eigenvalue weighted by atomic mass is 19.1. The predicted octanol–water partition coefficient (Wildman–Crippen LogP) is 2.92. The average Bonchev–Trinajstić information content (AvgIpc) is 3.09. The van der Waals surface area contributed by atoms with Crippen molar-refractivity contribution in [3.8, 4) is 0 Å². The molecule has 0 bridgehead atoms. The van der Waals surface area contributed by atoms with Crippen molar-refractivity contribution in [1.82, 2.24) is 15.2 Å². The highest BCUT2D eigenvalue weighted by Gasteiger charge is 2.35. The lowest BCUT2D eigenvalue weighted by Crippen LogP contribution is -2.50. The van der Waals surface area contributed by atoms with Crippen molar-refractivity contribution in [1.29, 1.82) is 0 Å². The monoisotopic (exact) mass is 382 g/mol. The summed E-state index contributed by atoms with van der Waals surface area (Å²) < 4.78 is 13.1. The van der Waals surface area contributed by atoms with E-state index >= 15 is 0 Å². The summed E-state index contributed by atoms with van der Waals surface area (Å²) in [6, 6.07) is 9.18. The molecule has 1 atom stereocenters. The summed E-state index contributed by atoms with van der Waals surface area (Å²) in [5.41, 5.74) is 1.91. The SMILES string of the molecule is O=C(NC1CCN(c2ccc(F)cc2)C1=O)N1CCC(c2ccncc2)CC1. The molecule has 1 N–H and O–H groups in total. The van der Waals surface area contributed by atoms with E-state index < -0.39 is 6.04 Å². The quantitative estimate of drug-likeness (QED) is 0.888.